The Morgan fingerprint density at radius 1 is 1.25 bits per heavy atom. The van der Waals surface area contributed by atoms with Crippen molar-refractivity contribution < 1.29 is 9.26 Å². The van der Waals surface area contributed by atoms with Gasteiger partial charge in [0, 0.05) is 19.7 Å². The van der Waals surface area contributed by atoms with Gasteiger partial charge in [-0.15, -0.1) is 24.0 Å². The van der Waals surface area contributed by atoms with E-state index in [0.717, 1.165) is 17.2 Å². The smallest absolute Gasteiger partial charge is 0.191 e. The van der Waals surface area contributed by atoms with Crippen LogP contribution in [0.1, 0.15) is 42.8 Å². The summed E-state index contributed by atoms with van der Waals surface area (Å²) in [5.74, 6) is 2.71. The Bertz CT molecular complexity index is 746. The molecule has 0 radical (unpaired) electrons. The summed E-state index contributed by atoms with van der Waals surface area (Å²) in [5.41, 5.74) is 2.14. The average molecular weight is 501 g/mol. The molecular formula is C20H32IN5O2. The van der Waals surface area contributed by atoms with E-state index in [1.807, 2.05) is 18.2 Å². The number of benzene rings is 1. The third-order valence-corrected chi connectivity index (χ3v) is 4.39. The minimum Gasteiger partial charge on any atom is -0.497 e. The molecule has 156 valence electrons. The first-order valence-corrected chi connectivity index (χ1v) is 9.15. The van der Waals surface area contributed by atoms with Gasteiger partial charge in [0.1, 0.15) is 5.75 Å². The summed E-state index contributed by atoms with van der Waals surface area (Å²) in [4.78, 5) is 6.46. The molecule has 0 aliphatic rings. The number of nitrogens with one attached hydrogen (secondary N) is 2. The van der Waals surface area contributed by atoms with Crippen LogP contribution < -0.4 is 15.4 Å². The van der Waals surface area contributed by atoms with Gasteiger partial charge in [-0.1, -0.05) is 31.1 Å². The average Bonchev–Trinajstić information content (AvgIpc) is 3.13. The quantitative estimate of drug-likeness (QED) is 0.328. The van der Waals surface area contributed by atoms with Gasteiger partial charge >= 0.3 is 0 Å². The zero-order valence-corrected chi connectivity index (χ0v) is 19.9. The van der Waals surface area contributed by atoms with Gasteiger partial charge in [-0.25, -0.2) is 0 Å². The number of rotatable bonds is 8. The maximum absolute atomic E-state index is 5.36. The lowest BCUT2D eigenvalue weighted by Gasteiger charge is -2.26. The lowest BCUT2D eigenvalue weighted by Crippen LogP contribution is -2.41. The van der Waals surface area contributed by atoms with Crippen molar-refractivity contribution >= 4 is 29.9 Å². The van der Waals surface area contributed by atoms with Crippen LogP contribution in [0.25, 0.3) is 0 Å². The molecular weight excluding hydrogens is 469 g/mol. The zero-order chi connectivity index (χ0) is 19.8. The highest BCUT2D eigenvalue weighted by molar-refractivity contribution is 14.0. The maximum Gasteiger partial charge on any atom is 0.191 e. The largest absolute Gasteiger partial charge is 0.497 e. The Labute approximate surface area is 184 Å². The van der Waals surface area contributed by atoms with Gasteiger partial charge in [0.25, 0.3) is 0 Å². The molecule has 1 aromatic heterocycles. The summed E-state index contributed by atoms with van der Waals surface area (Å²) in [6.07, 6.45) is 0. The van der Waals surface area contributed by atoms with E-state index in [1.165, 1.54) is 5.56 Å². The molecule has 0 aliphatic carbocycles. The topological polar surface area (TPSA) is 74.9 Å². The summed E-state index contributed by atoms with van der Waals surface area (Å²) in [7, 11) is 7.56. The molecule has 1 heterocycles. The van der Waals surface area contributed by atoms with E-state index >= 15 is 0 Å². The minimum atomic E-state index is 0. The molecule has 7 nitrogen and oxygen atoms in total. The molecule has 0 amide bonds. The van der Waals surface area contributed by atoms with Gasteiger partial charge in [0.2, 0.25) is 0 Å². The fraction of sp³-hybridized carbons (Fsp3) is 0.500. The van der Waals surface area contributed by atoms with E-state index < -0.39 is 0 Å². The van der Waals surface area contributed by atoms with Crippen LogP contribution in [0.15, 0.2) is 39.8 Å². The van der Waals surface area contributed by atoms with Crippen molar-refractivity contribution in [2.45, 2.75) is 32.4 Å². The highest BCUT2D eigenvalue weighted by atomic mass is 127. The first-order valence-electron chi connectivity index (χ1n) is 9.15. The molecule has 1 unspecified atom stereocenters. The lowest BCUT2D eigenvalue weighted by molar-refractivity contribution is 0.297. The number of halogens is 1. The molecule has 0 saturated carbocycles. The van der Waals surface area contributed by atoms with E-state index in [9.17, 15) is 0 Å². The molecule has 28 heavy (non-hydrogen) atoms. The molecule has 1 atom stereocenters. The molecule has 0 fully saturated rings. The van der Waals surface area contributed by atoms with Crippen LogP contribution in [-0.2, 0) is 6.54 Å². The van der Waals surface area contributed by atoms with Crippen LogP contribution in [0.2, 0.25) is 0 Å². The van der Waals surface area contributed by atoms with E-state index in [2.05, 4.69) is 65.8 Å². The van der Waals surface area contributed by atoms with E-state index in [1.54, 1.807) is 14.2 Å². The molecule has 2 rings (SSSR count). The van der Waals surface area contributed by atoms with Crippen LogP contribution in [-0.4, -0.2) is 50.8 Å². The summed E-state index contributed by atoms with van der Waals surface area (Å²) < 4.78 is 10.7. The van der Waals surface area contributed by atoms with Crippen LogP contribution in [0.5, 0.6) is 5.75 Å². The van der Waals surface area contributed by atoms with Crippen molar-refractivity contribution in [3.8, 4) is 5.75 Å². The monoisotopic (exact) mass is 501 g/mol. The fourth-order valence-electron chi connectivity index (χ4n) is 2.72. The molecule has 1 aromatic carbocycles. The Morgan fingerprint density at radius 2 is 2.00 bits per heavy atom. The van der Waals surface area contributed by atoms with Crippen LogP contribution >= 0.6 is 24.0 Å². The van der Waals surface area contributed by atoms with Crippen molar-refractivity contribution in [1.82, 2.24) is 20.7 Å². The standard InChI is InChI=1S/C20H31N5O2.HI/c1-14(2)18-11-17(27-24-18)12-22-20(21-3)23-13-19(25(4)5)15-8-7-9-16(10-15)26-6;/h7-11,14,19H,12-13H2,1-6H3,(H2,21,22,23);1H. The summed E-state index contributed by atoms with van der Waals surface area (Å²) >= 11 is 0. The lowest BCUT2D eigenvalue weighted by atomic mass is 10.1. The van der Waals surface area contributed by atoms with Crippen molar-refractivity contribution in [3.05, 3.63) is 47.3 Å². The first-order chi connectivity index (χ1) is 12.9. The Hall–Kier alpha value is -1.81. The second kappa shape index (κ2) is 11.9. The Kier molecular flexibility index (Phi) is 10.3. The third kappa shape index (κ3) is 6.97. The molecule has 0 spiro atoms. The summed E-state index contributed by atoms with van der Waals surface area (Å²) in [6, 6.07) is 10.3. The number of hydrogen-bond acceptors (Lipinski definition) is 5. The van der Waals surface area contributed by atoms with Gasteiger partial charge in [0.15, 0.2) is 11.7 Å². The first kappa shape index (κ1) is 24.2. The molecule has 0 saturated heterocycles. The minimum absolute atomic E-state index is 0. The van der Waals surface area contributed by atoms with Crippen molar-refractivity contribution in [2.24, 2.45) is 4.99 Å². The molecule has 8 heteroatoms. The second-order valence-corrected chi connectivity index (χ2v) is 6.94. The molecule has 2 N–H and O–H groups in total. The Balaban J connectivity index is 0.00000392. The fourth-order valence-corrected chi connectivity index (χ4v) is 2.72. The van der Waals surface area contributed by atoms with Crippen LogP contribution in [0.4, 0.5) is 0 Å². The van der Waals surface area contributed by atoms with Crippen LogP contribution in [0.3, 0.4) is 0 Å². The number of ether oxygens (including phenoxy) is 1. The van der Waals surface area contributed by atoms with Crippen molar-refractivity contribution in [3.63, 3.8) is 0 Å². The third-order valence-electron chi connectivity index (χ3n) is 4.39. The number of aliphatic imine (C=N–C) groups is 1. The predicted octanol–water partition coefficient (Wildman–Crippen LogP) is 3.39. The van der Waals surface area contributed by atoms with E-state index in [-0.39, 0.29) is 30.0 Å². The van der Waals surface area contributed by atoms with E-state index in [0.29, 0.717) is 25.0 Å². The van der Waals surface area contributed by atoms with Gasteiger partial charge in [-0.05, 0) is 37.7 Å². The SMILES string of the molecule is CN=C(NCc1cc(C(C)C)no1)NCC(c1cccc(OC)c1)N(C)C.I. The number of hydrogen-bond donors (Lipinski definition) is 2. The van der Waals surface area contributed by atoms with Gasteiger partial charge < -0.3 is 24.8 Å². The second-order valence-electron chi connectivity index (χ2n) is 6.94. The van der Waals surface area contributed by atoms with Crippen LogP contribution in [0, 0.1) is 0 Å². The highest BCUT2D eigenvalue weighted by Crippen LogP contribution is 2.22. The number of methoxy groups -OCH3 is 1. The number of nitrogens with zero attached hydrogens (tertiary/aromatic N) is 3. The number of guanidine groups is 1. The normalized spacial score (nSPS) is 12.6. The molecule has 2 aromatic rings. The van der Waals surface area contributed by atoms with Gasteiger partial charge in [0.05, 0.1) is 25.4 Å². The highest BCUT2D eigenvalue weighted by Gasteiger charge is 2.16. The zero-order valence-electron chi connectivity index (χ0n) is 17.5. The number of likely N-dealkylation sites (N-methyl/N-ethyl adjacent to an activating group) is 1. The number of aromatic nitrogens is 1. The van der Waals surface area contributed by atoms with Crippen molar-refractivity contribution in [1.29, 1.82) is 0 Å². The van der Waals surface area contributed by atoms with Gasteiger partial charge in [-0.3, -0.25) is 4.99 Å². The predicted molar refractivity (Wildman–Crippen MR) is 124 cm³/mol. The Morgan fingerprint density at radius 3 is 2.57 bits per heavy atom. The summed E-state index contributed by atoms with van der Waals surface area (Å²) in [6.45, 7) is 5.42. The summed E-state index contributed by atoms with van der Waals surface area (Å²) in [5, 5.41) is 10.7. The molecule has 0 bridgehead atoms. The van der Waals surface area contributed by atoms with E-state index in [4.69, 9.17) is 9.26 Å². The maximum atomic E-state index is 5.36. The van der Waals surface area contributed by atoms with Crippen molar-refractivity contribution in [2.75, 3.05) is 34.8 Å². The van der Waals surface area contributed by atoms with Gasteiger partial charge in [-0.2, -0.15) is 0 Å². The molecule has 0 aliphatic heterocycles.